The van der Waals surface area contributed by atoms with Crippen molar-refractivity contribution in [1.29, 1.82) is 0 Å². The van der Waals surface area contributed by atoms with Gasteiger partial charge in [-0.3, -0.25) is 0 Å². The van der Waals surface area contributed by atoms with Crippen molar-refractivity contribution in [3.63, 3.8) is 0 Å². The Morgan fingerprint density at radius 2 is 0.306 bits per heavy atom. The van der Waals surface area contributed by atoms with Gasteiger partial charge in [-0.25, -0.2) is 0 Å². The molecule has 0 saturated carbocycles. The van der Waals surface area contributed by atoms with Gasteiger partial charge in [0.1, 0.15) is 0 Å². The van der Waals surface area contributed by atoms with E-state index in [-0.39, 0.29) is 0 Å². The van der Waals surface area contributed by atoms with Gasteiger partial charge >= 0.3 is 399 Å². The summed E-state index contributed by atoms with van der Waals surface area (Å²) in [5, 5.41) is 0. The molecule has 0 atom stereocenters. The van der Waals surface area contributed by atoms with Crippen molar-refractivity contribution < 1.29 is 0 Å². The van der Waals surface area contributed by atoms with Gasteiger partial charge in [0, 0.05) is 0 Å². The Morgan fingerprint density at radius 1 is 0.194 bits per heavy atom. The molecule has 0 heterocycles. The zero-order valence-corrected chi connectivity index (χ0v) is 52.3. The Balaban J connectivity index is 2.81. The summed E-state index contributed by atoms with van der Waals surface area (Å²) in [5.41, 5.74) is 19.6. The van der Waals surface area contributed by atoms with Crippen LogP contribution in [0.1, 0.15) is 304 Å². The maximum absolute atomic E-state index is 3.45. The van der Waals surface area contributed by atoms with E-state index in [0.717, 1.165) is 0 Å². The van der Waals surface area contributed by atoms with Gasteiger partial charge < -0.3 is 0 Å². The molecule has 4 aromatic rings. The van der Waals surface area contributed by atoms with Gasteiger partial charge in [0.15, 0.2) is 0 Å². The molecule has 62 heavy (non-hydrogen) atoms. The first-order valence-corrected chi connectivity index (χ1v) is 52.0. The third kappa shape index (κ3) is 11.5. The second-order valence-corrected chi connectivity index (χ2v) is 70.6. The maximum atomic E-state index is 2.74. The summed E-state index contributed by atoms with van der Waals surface area (Å²) in [6.07, 6.45) is 0. The molecule has 4 aromatic carbocycles. The molecule has 2 heteroatoms. The Bertz CT molecular complexity index is 1780. The molecule has 0 amide bonds. The van der Waals surface area contributed by atoms with Gasteiger partial charge in [0.2, 0.25) is 0 Å². The van der Waals surface area contributed by atoms with Gasteiger partial charge in [-0.1, -0.05) is 0 Å². The van der Waals surface area contributed by atoms with Crippen LogP contribution in [0.15, 0.2) is 48.5 Å². The van der Waals surface area contributed by atoms with Crippen molar-refractivity contribution in [2.24, 2.45) is 0 Å². The Hall–Kier alpha value is -1.28. The van der Waals surface area contributed by atoms with E-state index >= 15 is 0 Å². The van der Waals surface area contributed by atoms with Crippen molar-refractivity contribution in [3.05, 3.63) is 115 Å². The molecule has 0 aliphatic rings. The van der Waals surface area contributed by atoms with Crippen LogP contribution in [0.2, 0.25) is 0 Å². The Labute approximate surface area is 395 Å². The summed E-state index contributed by atoms with van der Waals surface area (Å²) in [7, 11) is 0. The first-order valence-electron chi connectivity index (χ1n) is 25.2. The fraction of sp³-hybridized carbons (Fsp3) is 0.600. The molecule has 0 aliphatic heterocycles. The van der Waals surface area contributed by atoms with Crippen molar-refractivity contribution in [2.75, 3.05) is 0 Å². The molecule has 0 nitrogen and oxygen atoms in total. The molecule has 0 aliphatic carbocycles. The molecular weight excluding hydrogens is 1140 g/mol. The predicted molar refractivity (Wildman–Crippen MR) is 285 cm³/mol. The first kappa shape index (κ1) is 53.3. The summed E-state index contributed by atoms with van der Waals surface area (Å²) in [5.74, 6) is 5.54. The van der Waals surface area contributed by atoms with E-state index in [1.165, 1.54) is 22.3 Å². The van der Waals surface area contributed by atoms with Gasteiger partial charge in [0.05, 0.1) is 0 Å². The summed E-state index contributed by atoms with van der Waals surface area (Å²) < 4.78 is 7.62. The minimum absolute atomic E-state index is 0.448. The van der Waals surface area contributed by atoms with Crippen LogP contribution in [0.3, 0.4) is 0 Å². The topological polar surface area (TPSA) is 0 Å². The number of hydrogen-bond acceptors (Lipinski definition) is 0. The molecule has 340 valence electrons. The average molecular weight is 1230 g/mol. The van der Waals surface area contributed by atoms with Gasteiger partial charge in [-0.15, -0.1) is 0 Å². The van der Waals surface area contributed by atoms with E-state index in [1.54, 1.807) is 44.5 Å². The predicted octanol–water partition coefficient (Wildman–Crippen LogP) is 16.2. The van der Waals surface area contributed by atoms with E-state index < -0.39 is 33.6 Å². The summed E-state index contributed by atoms with van der Waals surface area (Å²) in [6.45, 7) is 59.9. The van der Waals surface area contributed by atoms with Crippen LogP contribution in [-0.4, -0.2) is 33.6 Å². The van der Waals surface area contributed by atoms with E-state index in [4.69, 9.17) is 0 Å². The summed E-state index contributed by atoms with van der Waals surface area (Å²) in [4.78, 5) is 0. The molecular formula is C60H92Pb2. The molecule has 0 unspecified atom stereocenters. The zero-order chi connectivity index (χ0) is 47.0. The van der Waals surface area contributed by atoms with Crippen LogP contribution in [-0.2, 0) is 0 Å². The van der Waals surface area contributed by atoms with Crippen molar-refractivity contribution in [2.45, 2.75) is 237 Å². The number of hydrogen-bond donors (Lipinski definition) is 0. The van der Waals surface area contributed by atoms with Crippen LogP contribution in [0, 0.1) is 0 Å². The van der Waals surface area contributed by atoms with E-state index in [2.05, 4.69) is 215 Å². The van der Waals surface area contributed by atoms with Crippen LogP contribution >= 0.6 is 0 Å². The van der Waals surface area contributed by atoms with Crippen LogP contribution in [0.4, 0.5) is 0 Å². The van der Waals surface area contributed by atoms with E-state index in [1.807, 2.05) is 12.5 Å². The normalized spacial score (nSPS) is 12.6. The second-order valence-electron chi connectivity index (χ2n) is 22.9. The fourth-order valence-corrected chi connectivity index (χ4v) is 109. The second kappa shape index (κ2) is 22.0. The molecule has 0 N–H and O–H groups in total. The minimum atomic E-state index is -3.45. The van der Waals surface area contributed by atoms with Crippen LogP contribution < -0.4 is 12.5 Å². The van der Waals surface area contributed by atoms with Crippen LogP contribution in [0.25, 0.3) is 0 Å². The SMILES string of the molecule is CC(C)c1cc(C(C)C)[c]([Pb]([c]2c(C(C)C)cc(C(C)C)cc2C(C)C)=[Pb]([c]2c(C(C)C)cc(C(C)C)cc2C(C)C)[c]2c(C(C)C)cc(C(C)C)cc2C(C)C)c(C(C)C)c1. The first-order chi connectivity index (χ1) is 28.7. The van der Waals surface area contributed by atoms with E-state index in [9.17, 15) is 0 Å². The molecule has 0 spiro atoms. The standard InChI is InChI=1S/4C15H23.2Pb/c4*1-10(2)13-7-14(11(3)4)9-15(8-13)12(5)6;;/h4*7-8,10-12H,1-6H3;;. The third-order valence-corrected chi connectivity index (χ3v) is 83.6. The Kier molecular flexibility index (Phi) is 18.9. The molecule has 0 bridgehead atoms. The Morgan fingerprint density at radius 3 is 0.387 bits per heavy atom. The third-order valence-electron chi connectivity index (χ3n) is 13.8. The van der Waals surface area contributed by atoms with Crippen LogP contribution in [0.5, 0.6) is 0 Å². The number of benzene rings is 4. The van der Waals surface area contributed by atoms with Gasteiger partial charge in [-0.2, -0.15) is 0 Å². The van der Waals surface area contributed by atoms with Crippen molar-refractivity contribution in [3.8, 4) is 0 Å². The zero-order valence-electron chi connectivity index (χ0n) is 44.5. The monoisotopic (exact) mass is 1230 g/mol. The molecule has 0 aromatic heterocycles. The van der Waals surface area contributed by atoms with Crippen molar-refractivity contribution in [1.82, 2.24) is 0 Å². The fourth-order valence-electron chi connectivity index (χ4n) is 9.73. The summed E-state index contributed by atoms with van der Waals surface area (Å²) >= 11 is -6.91. The van der Waals surface area contributed by atoms with Crippen molar-refractivity contribution >= 4 is 46.1 Å². The summed E-state index contributed by atoms with van der Waals surface area (Å²) in [6, 6.07) is 21.9. The molecule has 0 saturated heterocycles. The molecule has 4 rings (SSSR count). The van der Waals surface area contributed by atoms with Gasteiger partial charge in [0.25, 0.3) is 0 Å². The number of rotatable bonds is 16. The molecule has 0 radical (unpaired) electrons. The van der Waals surface area contributed by atoms with Gasteiger partial charge in [-0.05, 0) is 0 Å². The quantitative estimate of drug-likeness (QED) is 0.0981. The average Bonchev–Trinajstić information content (AvgIpc) is 3.17. The molecule has 0 fully saturated rings. The van der Waals surface area contributed by atoms with E-state index in [0.29, 0.717) is 71.0 Å².